The number of hydrogen-bond acceptors (Lipinski definition) is 6. The van der Waals surface area contributed by atoms with Crippen LogP contribution < -0.4 is 10.6 Å². The first-order chi connectivity index (χ1) is 14.3. The van der Waals surface area contributed by atoms with Crippen molar-refractivity contribution >= 4 is 33.6 Å². The first-order valence-electron chi connectivity index (χ1n) is 8.97. The number of benzene rings is 2. The van der Waals surface area contributed by atoms with E-state index >= 15 is 0 Å². The molecule has 0 aliphatic rings. The summed E-state index contributed by atoms with van der Waals surface area (Å²) in [6.45, 7) is 0.330. The number of rotatable bonds is 5. The number of carbonyl (C=O) groups excluding carboxylic acids is 2. The molecular formula is C20H18N4O6. The van der Waals surface area contributed by atoms with Crippen LogP contribution in [0.3, 0.4) is 0 Å². The number of aromatic hydroxyl groups is 4. The van der Waals surface area contributed by atoms with Crippen LogP contribution in [-0.2, 0) is 0 Å². The molecule has 0 radical (unpaired) electrons. The van der Waals surface area contributed by atoms with Gasteiger partial charge < -0.3 is 41.0 Å². The van der Waals surface area contributed by atoms with Crippen LogP contribution in [0.4, 0.5) is 0 Å². The molecule has 10 nitrogen and oxygen atoms in total. The summed E-state index contributed by atoms with van der Waals surface area (Å²) in [6.07, 6.45) is 0. The Labute approximate surface area is 168 Å². The maximum absolute atomic E-state index is 12.2. The molecule has 0 atom stereocenters. The second kappa shape index (κ2) is 7.24. The molecule has 4 aromatic rings. The first kappa shape index (κ1) is 19.0. The third-order valence-electron chi connectivity index (χ3n) is 4.62. The van der Waals surface area contributed by atoms with Crippen LogP contribution in [0, 0.1) is 0 Å². The molecule has 0 bridgehead atoms. The summed E-state index contributed by atoms with van der Waals surface area (Å²) in [6, 6.07) is 8.41. The summed E-state index contributed by atoms with van der Waals surface area (Å²) in [7, 11) is 0. The van der Waals surface area contributed by atoms with E-state index in [-0.39, 0.29) is 47.5 Å². The smallest absolute Gasteiger partial charge is 0.267 e. The van der Waals surface area contributed by atoms with Crippen LogP contribution in [0.1, 0.15) is 21.0 Å². The molecule has 0 unspecified atom stereocenters. The summed E-state index contributed by atoms with van der Waals surface area (Å²) in [5, 5.41) is 44.5. The van der Waals surface area contributed by atoms with Crippen molar-refractivity contribution in [3.63, 3.8) is 0 Å². The monoisotopic (exact) mass is 410 g/mol. The van der Waals surface area contributed by atoms with Crippen molar-refractivity contribution in [1.29, 1.82) is 0 Å². The molecule has 0 saturated carbocycles. The molecule has 2 amide bonds. The average molecular weight is 410 g/mol. The van der Waals surface area contributed by atoms with Crippen molar-refractivity contribution < 1.29 is 30.0 Å². The Hall–Kier alpha value is -4.34. The van der Waals surface area contributed by atoms with E-state index in [2.05, 4.69) is 20.6 Å². The van der Waals surface area contributed by atoms with Crippen LogP contribution in [0.25, 0.3) is 21.8 Å². The topological polar surface area (TPSA) is 171 Å². The molecule has 8 N–H and O–H groups in total. The number of hydrogen-bond donors (Lipinski definition) is 8. The molecule has 2 aromatic carbocycles. The highest BCUT2D eigenvalue weighted by molar-refractivity contribution is 5.99. The molecule has 0 aliphatic heterocycles. The van der Waals surface area contributed by atoms with Gasteiger partial charge in [-0.25, -0.2) is 0 Å². The lowest BCUT2D eigenvalue weighted by Gasteiger charge is -2.05. The van der Waals surface area contributed by atoms with Crippen LogP contribution in [-0.4, -0.2) is 55.3 Å². The van der Waals surface area contributed by atoms with Crippen LogP contribution in [0.5, 0.6) is 23.0 Å². The highest BCUT2D eigenvalue weighted by Crippen LogP contribution is 2.31. The van der Waals surface area contributed by atoms with Crippen molar-refractivity contribution in [3.05, 3.63) is 47.8 Å². The highest BCUT2D eigenvalue weighted by Gasteiger charge is 2.13. The van der Waals surface area contributed by atoms with Gasteiger partial charge in [0.15, 0.2) is 23.0 Å². The fourth-order valence-corrected chi connectivity index (χ4v) is 3.10. The van der Waals surface area contributed by atoms with Gasteiger partial charge in [0.2, 0.25) is 0 Å². The molecule has 0 saturated heterocycles. The van der Waals surface area contributed by atoms with Gasteiger partial charge in [-0.3, -0.25) is 9.59 Å². The van der Waals surface area contributed by atoms with Crippen LogP contribution in [0.15, 0.2) is 36.4 Å². The van der Waals surface area contributed by atoms with Gasteiger partial charge in [0.25, 0.3) is 11.8 Å². The SMILES string of the molecule is O=C(NCCNC(=O)c1cc2cc(O)c(O)cc2[nH]1)c1cc2cc(O)c(O)cc2[nH]1. The highest BCUT2D eigenvalue weighted by atomic mass is 16.3. The number of phenolic OH excluding ortho intramolecular Hbond substituents is 4. The Morgan fingerprint density at radius 2 is 1.00 bits per heavy atom. The number of phenols is 4. The third-order valence-corrected chi connectivity index (χ3v) is 4.62. The minimum absolute atomic E-state index is 0.165. The molecule has 2 heterocycles. The van der Waals surface area contributed by atoms with Gasteiger partial charge in [0.05, 0.1) is 0 Å². The normalized spacial score (nSPS) is 11.1. The number of fused-ring (bicyclic) bond motifs is 2. The standard InChI is InChI=1S/C20H18N4O6/c25-15-5-9-3-13(23-11(9)7-17(15)27)19(29)21-1-2-22-20(30)14-4-10-6-16(26)18(28)8-12(10)24-14/h3-8,23-28H,1-2H2,(H,21,29)(H,22,30). The minimum atomic E-state index is -0.406. The maximum Gasteiger partial charge on any atom is 0.267 e. The second-order valence-electron chi connectivity index (χ2n) is 6.73. The van der Waals surface area contributed by atoms with Gasteiger partial charge >= 0.3 is 0 Å². The lowest BCUT2D eigenvalue weighted by atomic mass is 10.2. The second-order valence-corrected chi connectivity index (χ2v) is 6.73. The van der Waals surface area contributed by atoms with E-state index in [4.69, 9.17) is 0 Å². The van der Waals surface area contributed by atoms with Gasteiger partial charge in [-0.2, -0.15) is 0 Å². The summed E-state index contributed by atoms with van der Waals surface area (Å²) < 4.78 is 0. The molecule has 4 rings (SSSR count). The third kappa shape index (κ3) is 3.53. The Bertz CT molecular complexity index is 1110. The Kier molecular flexibility index (Phi) is 4.59. The Balaban J connectivity index is 1.33. The van der Waals surface area contributed by atoms with E-state index in [9.17, 15) is 30.0 Å². The fraction of sp³-hybridized carbons (Fsp3) is 0.100. The van der Waals surface area contributed by atoms with Gasteiger partial charge in [-0.1, -0.05) is 0 Å². The van der Waals surface area contributed by atoms with E-state index in [1.54, 1.807) is 0 Å². The number of amides is 2. The minimum Gasteiger partial charge on any atom is -0.504 e. The summed E-state index contributed by atoms with van der Waals surface area (Å²) >= 11 is 0. The summed E-state index contributed by atoms with van der Waals surface area (Å²) in [5.41, 5.74) is 1.49. The molecular weight excluding hydrogens is 392 g/mol. The molecule has 0 spiro atoms. The first-order valence-corrected chi connectivity index (χ1v) is 8.97. The number of carbonyl (C=O) groups is 2. The fourth-order valence-electron chi connectivity index (χ4n) is 3.10. The van der Waals surface area contributed by atoms with Crippen LogP contribution in [0.2, 0.25) is 0 Å². The number of aromatic amines is 2. The zero-order valence-electron chi connectivity index (χ0n) is 15.5. The number of aromatic nitrogens is 2. The average Bonchev–Trinajstić information content (AvgIpc) is 3.29. The molecule has 0 fully saturated rings. The van der Waals surface area contributed by atoms with Crippen molar-refractivity contribution in [2.45, 2.75) is 0 Å². The van der Waals surface area contributed by atoms with Gasteiger partial charge in [-0.15, -0.1) is 0 Å². The number of nitrogens with one attached hydrogen (secondary N) is 4. The Morgan fingerprint density at radius 1 is 0.633 bits per heavy atom. The van der Waals surface area contributed by atoms with Crippen molar-refractivity contribution in [1.82, 2.24) is 20.6 Å². The molecule has 0 aliphatic carbocycles. The molecule has 10 heteroatoms. The van der Waals surface area contributed by atoms with Gasteiger partial charge in [-0.05, 0) is 24.3 Å². The predicted molar refractivity (Wildman–Crippen MR) is 108 cm³/mol. The zero-order chi connectivity index (χ0) is 21.4. The molecule has 2 aromatic heterocycles. The van der Waals surface area contributed by atoms with Gasteiger partial charge in [0, 0.05) is 47.0 Å². The van der Waals surface area contributed by atoms with E-state index in [0.29, 0.717) is 21.8 Å². The van der Waals surface area contributed by atoms with Crippen molar-refractivity contribution in [3.8, 4) is 23.0 Å². The lowest BCUT2D eigenvalue weighted by molar-refractivity contribution is 0.0923. The predicted octanol–water partition coefficient (Wildman–Crippen LogP) is 1.63. The van der Waals surface area contributed by atoms with Crippen molar-refractivity contribution in [2.75, 3.05) is 13.1 Å². The lowest BCUT2D eigenvalue weighted by Crippen LogP contribution is -2.34. The zero-order valence-corrected chi connectivity index (χ0v) is 15.5. The molecule has 30 heavy (non-hydrogen) atoms. The quantitative estimate of drug-likeness (QED) is 0.184. The van der Waals surface area contributed by atoms with Crippen LogP contribution >= 0.6 is 0 Å². The van der Waals surface area contributed by atoms with E-state index in [0.717, 1.165) is 0 Å². The Morgan fingerprint density at radius 3 is 1.40 bits per heavy atom. The van der Waals surface area contributed by atoms with Crippen molar-refractivity contribution in [2.24, 2.45) is 0 Å². The number of H-pyrrole nitrogens is 2. The summed E-state index contributed by atoms with van der Waals surface area (Å²) in [5.74, 6) is -1.95. The summed E-state index contributed by atoms with van der Waals surface area (Å²) in [4.78, 5) is 30.2. The van der Waals surface area contributed by atoms with E-state index < -0.39 is 11.8 Å². The molecule has 154 valence electrons. The van der Waals surface area contributed by atoms with E-state index in [1.165, 1.54) is 36.4 Å². The van der Waals surface area contributed by atoms with Gasteiger partial charge in [0.1, 0.15) is 11.4 Å². The maximum atomic E-state index is 12.2. The van der Waals surface area contributed by atoms with E-state index in [1.807, 2.05) is 0 Å². The largest absolute Gasteiger partial charge is 0.504 e.